The van der Waals surface area contributed by atoms with E-state index in [9.17, 15) is 9.59 Å². The third-order valence-electron chi connectivity index (χ3n) is 5.47. The number of amides is 2. The van der Waals surface area contributed by atoms with E-state index in [2.05, 4.69) is 41.0 Å². The Labute approximate surface area is 160 Å². The summed E-state index contributed by atoms with van der Waals surface area (Å²) >= 11 is 0. The van der Waals surface area contributed by atoms with Crippen LogP contribution < -0.4 is 4.90 Å². The number of anilines is 1. The van der Waals surface area contributed by atoms with Gasteiger partial charge in [0.05, 0.1) is 18.2 Å². The number of aryl methyl sites for hydroxylation is 1. The van der Waals surface area contributed by atoms with Crippen molar-refractivity contribution in [1.82, 2.24) is 9.80 Å². The van der Waals surface area contributed by atoms with E-state index >= 15 is 0 Å². The van der Waals surface area contributed by atoms with Gasteiger partial charge in [-0.1, -0.05) is 48.0 Å². The number of piperazine rings is 1. The molecule has 0 N–H and O–H groups in total. The summed E-state index contributed by atoms with van der Waals surface area (Å²) in [6.45, 7) is 6.51. The molecule has 2 heterocycles. The van der Waals surface area contributed by atoms with Crippen LogP contribution in [-0.2, 0) is 16.1 Å². The molecule has 2 aromatic rings. The van der Waals surface area contributed by atoms with Crippen molar-refractivity contribution in [3.05, 3.63) is 65.7 Å². The van der Waals surface area contributed by atoms with Gasteiger partial charge in [0.15, 0.2) is 0 Å². The van der Waals surface area contributed by atoms with Gasteiger partial charge in [0, 0.05) is 32.7 Å². The van der Waals surface area contributed by atoms with Crippen molar-refractivity contribution < 1.29 is 9.59 Å². The zero-order valence-corrected chi connectivity index (χ0v) is 15.7. The minimum Gasteiger partial charge on any atom is -0.297 e. The van der Waals surface area contributed by atoms with E-state index in [4.69, 9.17) is 0 Å². The molecule has 0 radical (unpaired) electrons. The fourth-order valence-electron chi connectivity index (χ4n) is 4.05. The summed E-state index contributed by atoms with van der Waals surface area (Å²) in [5, 5.41) is 0. The highest BCUT2D eigenvalue weighted by Gasteiger charge is 2.43. The summed E-state index contributed by atoms with van der Waals surface area (Å²) in [6.07, 6.45) is 0.283. The Morgan fingerprint density at radius 3 is 2.37 bits per heavy atom. The van der Waals surface area contributed by atoms with Crippen LogP contribution in [0.1, 0.15) is 17.5 Å². The van der Waals surface area contributed by atoms with Gasteiger partial charge in [0.25, 0.3) is 5.91 Å². The van der Waals surface area contributed by atoms with E-state index in [0.29, 0.717) is 5.69 Å². The van der Waals surface area contributed by atoms with E-state index in [0.717, 1.165) is 32.7 Å². The van der Waals surface area contributed by atoms with E-state index in [1.54, 1.807) is 0 Å². The Morgan fingerprint density at radius 2 is 1.67 bits per heavy atom. The van der Waals surface area contributed by atoms with Crippen LogP contribution in [-0.4, -0.2) is 53.8 Å². The van der Waals surface area contributed by atoms with Gasteiger partial charge in [-0.25, -0.2) is 4.90 Å². The SMILES string of the molecule is Cc1cccc(CN2CCN([C@@H]3CC(=O)N(c4ccccc4)C3=O)CC2)c1. The molecule has 2 saturated heterocycles. The van der Waals surface area contributed by atoms with Gasteiger partial charge >= 0.3 is 0 Å². The van der Waals surface area contributed by atoms with Crippen molar-refractivity contribution in [3.63, 3.8) is 0 Å². The first-order valence-electron chi connectivity index (χ1n) is 9.55. The van der Waals surface area contributed by atoms with Crippen molar-refractivity contribution in [2.45, 2.75) is 25.9 Å². The summed E-state index contributed by atoms with van der Waals surface area (Å²) in [5.41, 5.74) is 3.28. The number of hydrogen-bond donors (Lipinski definition) is 0. The van der Waals surface area contributed by atoms with Crippen LogP contribution in [0.3, 0.4) is 0 Å². The van der Waals surface area contributed by atoms with Gasteiger partial charge < -0.3 is 0 Å². The topological polar surface area (TPSA) is 43.9 Å². The maximum absolute atomic E-state index is 12.9. The lowest BCUT2D eigenvalue weighted by molar-refractivity contribution is -0.123. The molecule has 2 aromatic carbocycles. The monoisotopic (exact) mass is 363 g/mol. The van der Waals surface area contributed by atoms with E-state index < -0.39 is 0 Å². The van der Waals surface area contributed by atoms with Crippen LogP contribution in [0.25, 0.3) is 0 Å². The van der Waals surface area contributed by atoms with E-state index in [1.807, 2.05) is 30.3 Å². The van der Waals surface area contributed by atoms with Crippen molar-refractivity contribution >= 4 is 17.5 Å². The summed E-state index contributed by atoms with van der Waals surface area (Å²) in [4.78, 5) is 31.3. The molecule has 2 amide bonds. The first kappa shape index (κ1) is 17.9. The molecule has 0 saturated carbocycles. The molecule has 0 aromatic heterocycles. The zero-order chi connectivity index (χ0) is 18.8. The van der Waals surface area contributed by atoms with Gasteiger partial charge in [-0.2, -0.15) is 0 Å². The number of carbonyl (C=O) groups excluding carboxylic acids is 2. The molecule has 27 heavy (non-hydrogen) atoms. The minimum atomic E-state index is -0.321. The Balaban J connectivity index is 1.37. The number of imide groups is 1. The van der Waals surface area contributed by atoms with Crippen LogP contribution in [0.4, 0.5) is 5.69 Å². The van der Waals surface area contributed by atoms with Crippen LogP contribution in [0.5, 0.6) is 0 Å². The van der Waals surface area contributed by atoms with Gasteiger partial charge in [-0.3, -0.25) is 19.4 Å². The standard InChI is InChI=1S/C22H25N3O2/c1-17-6-5-7-18(14-17)16-23-10-12-24(13-11-23)20-15-21(26)25(22(20)27)19-8-3-2-4-9-19/h2-9,14,20H,10-13,15-16H2,1H3/t20-/m1/s1. The van der Waals surface area contributed by atoms with Crippen LogP contribution >= 0.6 is 0 Å². The number of carbonyl (C=O) groups is 2. The van der Waals surface area contributed by atoms with Crippen molar-refractivity contribution in [1.29, 1.82) is 0 Å². The van der Waals surface area contributed by atoms with Gasteiger partial charge in [0.1, 0.15) is 0 Å². The summed E-state index contributed by atoms with van der Waals surface area (Å²) in [6, 6.07) is 17.5. The molecule has 140 valence electrons. The third-order valence-corrected chi connectivity index (χ3v) is 5.47. The average molecular weight is 363 g/mol. The summed E-state index contributed by atoms with van der Waals surface area (Å²) in [5.74, 6) is -0.184. The van der Waals surface area contributed by atoms with E-state index in [-0.39, 0.29) is 24.3 Å². The van der Waals surface area contributed by atoms with Crippen molar-refractivity contribution in [2.24, 2.45) is 0 Å². The molecule has 0 bridgehead atoms. The third kappa shape index (κ3) is 3.80. The fraction of sp³-hybridized carbons (Fsp3) is 0.364. The predicted molar refractivity (Wildman–Crippen MR) is 105 cm³/mol. The first-order chi connectivity index (χ1) is 13.1. The summed E-state index contributed by atoms with van der Waals surface area (Å²) in [7, 11) is 0. The lowest BCUT2D eigenvalue weighted by Gasteiger charge is -2.37. The molecule has 1 atom stereocenters. The lowest BCUT2D eigenvalue weighted by Crippen LogP contribution is -2.52. The maximum atomic E-state index is 12.9. The zero-order valence-electron chi connectivity index (χ0n) is 15.7. The van der Waals surface area contributed by atoms with Crippen LogP contribution in [0.2, 0.25) is 0 Å². The molecule has 2 aliphatic heterocycles. The maximum Gasteiger partial charge on any atom is 0.251 e. The van der Waals surface area contributed by atoms with Gasteiger partial charge in [0.2, 0.25) is 5.91 Å². The molecule has 0 aliphatic carbocycles. The predicted octanol–water partition coefficient (Wildman–Crippen LogP) is 2.44. The molecular weight excluding hydrogens is 338 g/mol. The number of benzene rings is 2. The lowest BCUT2D eigenvalue weighted by atomic mass is 10.1. The Bertz CT molecular complexity index is 828. The molecule has 5 nitrogen and oxygen atoms in total. The Morgan fingerprint density at radius 1 is 0.926 bits per heavy atom. The fourth-order valence-corrected chi connectivity index (χ4v) is 4.05. The second-order valence-electron chi connectivity index (χ2n) is 7.42. The average Bonchev–Trinajstić information content (AvgIpc) is 2.97. The van der Waals surface area contributed by atoms with Crippen molar-refractivity contribution in [3.8, 4) is 0 Å². The Kier molecular flexibility index (Phi) is 5.05. The van der Waals surface area contributed by atoms with Gasteiger partial charge in [-0.05, 0) is 24.6 Å². The smallest absolute Gasteiger partial charge is 0.251 e. The molecule has 0 spiro atoms. The van der Waals surface area contributed by atoms with Crippen LogP contribution in [0.15, 0.2) is 54.6 Å². The number of rotatable bonds is 4. The number of hydrogen-bond acceptors (Lipinski definition) is 4. The molecule has 5 heteroatoms. The number of nitrogens with zero attached hydrogens (tertiary/aromatic N) is 3. The highest BCUT2D eigenvalue weighted by molar-refractivity contribution is 6.22. The number of para-hydroxylation sites is 1. The normalized spacial score (nSPS) is 21.8. The first-order valence-corrected chi connectivity index (χ1v) is 9.55. The summed E-state index contributed by atoms with van der Waals surface area (Å²) < 4.78 is 0. The minimum absolute atomic E-state index is 0.0849. The quantitative estimate of drug-likeness (QED) is 0.783. The second-order valence-corrected chi connectivity index (χ2v) is 7.42. The second kappa shape index (κ2) is 7.62. The van der Waals surface area contributed by atoms with Crippen LogP contribution in [0, 0.1) is 6.92 Å². The molecule has 2 fully saturated rings. The highest BCUT2D eigenvalue weighted by atomic mass is 16.2. The van der Waals surface area contributed by atoms with Gasteiger partial charge in [-0.15, -0.1) is 0 Å². The molecule has 4 rings (SSSR count). The highest BCUT2D eigenvalue weighted by Crippen LogP contribution is 2.26. The van der Waals surface area contributed by atoms with Crippen molar-refractivity contribution in [2.75, 3.05) is 31.1 Å². The largest absolute Gasteiger partial charge is 0.297 e. The molecular formula is C22H25N3O2. The van der Waals surface area contributed by atoms with E-state index in [1.165, 1.54) is 16.0 Å². The molecule has 0 unspecified atom stereocenters. The Hall–Kier alpha value is -2.50. The molecule has 2 aliphatic rings.